The molecule has 0 bridgehead atoms. The molecule has 5 rings (SSSR count). The Labute approximate surface area is 203 Å². The van der Waals surface area contributed by atoms with E-state index in [1.54, 1.807) is 24.4 Å². The zero-order valence-electron chi connectivity index (χ0n) is 18.8. The standard InChI is InChI=1S/C27H24N4O2S/c1-17-15-22(18(2)30(17)21-12-8-9-19(16-21)26(32)33)25-24(23-13-6-7-14-28-23)29-27(34)31(25)20-10-4-3-5-11-20/h3-16,24-25H,1-2H3,(H,29,34)(H,32,33)/t24-,25+/m0/s1. The summed E-state index contributed by atoms with van der Waals surface area (Å²) in [7, 11) is 0. The highest BCUT2D eigenvalue weighted by atomic mass is 32.1. The molecule has 2 atom stereocenters. The number of aromatic carboxylic acids is 1. The minimum Gasteiger partial charge on any atom is -0.478 e. The molecule has 1 aliphatic rings. The highest BCUT2D eigenvalue weighted by molar-refractivity contribution is 7.80. The number of nitrogens with zero attached hydrogens (tertiary/aromatic N) is 3. The third kappa shape index (κ3) is 3.74. The summed E-state index contributed by atoms with van der Waals surface area (Å²) in [6, 6.07) is 24.9. The van der Waals surface area contributed by atoms with E-state index >= 15 is 0 Å². The van der Waals surface area contributed by atoms with E-state index in [2.05, 4.69) is 44.9 Å². The summed E-state index contributed by atoms with van der Waals surface area (Å²) in [5.41, 5.74) is 6.12. The predicted octanol–water partition coefficient (Wildman–Crippen LogP) is 5.36. The summed E-state index contributed by atoms with van der Waals surface area (Å²) in [5, 5.41) is 13.6. The van der Waals surface area contributed by atoms with Crippen LogP contribution in [0.25, 0.3) is 5.69 Å². The van der Waals surface area contributed by atoms with E-state index in [0.29, 0.717) is 5.11 Å². The average Bonchev–Trinajstić information content (AvgIpc) is 3.35. The van der Waals surface area contributed by atoms with Gasteiger partial charge in [-0.25, -0.2) is 4.79 Å². The van der Waals surface area contributed by atoms with Crippen molar-refractivity contribution < 1.29 is 9.90 Å². The molecule has 2 N–H and O–H groups in total. The second-order valence-corrected chi connectivity index (χ2v) is 8.74. The van der Waals surface area contributed by atoms with Crippen molar-refractivity contribution in [3.8, 4) is 5.69 Å². The first kappa shape index (κ1) is 21.9. The fourth-order valence-corrected chi connectivity index (χ4v) is 5.15. The summed E-state index contributed by atoms with van der Waals surface area (Å²) < 4.78 is 2.10. The molecule has 4 aromatic rings. The number of hydrogen-bond acceptors (Lipinski definition) is 3. The molecule has 170 valence electrons. The Morgan fingerprint density at radius 2 is 1.71 bits per heavy atom. The second kappa shape index (κ2) is 8.76. The Balaban J connectivity index is 1.67. The highest BCUT2D eigenvalue weighted by Crippen LogP contribution is 2.43. The molecule has 2 aromatic carbocycles. The number of carboxylic acids is 1. The number of pyridine rings is 1. The Bertz CT molecular complexity index is 1370. The number of carboxylic acid groups (broad SMARTS) is 1. The molecular formula is C27H24N4O2S. The number of anilines is 1. The maximum Gasteiger partial charge on any atom is 0.335 e. The van der Waals surface area contributed by atoms with Crippen molar-refractivity contribution in [3.63, 3.8) is 0 Å². The van der Waals surface area contributed by atoms with Gasteiger partial charge in [0.05, 0.1) is 23.3 Å². The topological polar surface area (TPSA) is 70.4 Å². The SMILES string of the molecule is Cc1cc([C@@H]2[C@H](c3ccccn3)NC(=S)N2c2ccccc2)c(C)n1-c1cccc(C(=O)O)c1. The third-order valence-corrected chi connectivity index (χ3v) is 6.59. The van der Waals surface area contributed by atoms with Crippen LogP contribution in [-0.2, 0) is 0 Å². The Kier molecular flexibility index (Phi) is 5.63. The van der Waals surface area contributed by atoms with Crippen molar-refractivity contribution in [1.29, 1.82) is 0 Å². The van der Waals surface area contributed by atoms with Crippen LogP contribution in [0.4, 0.5) is 5.69 Å². The molecule has 1 fully saturated rings. The number of thiocarbonyl (C=S) groups is 1. The average molecular weight is 469 g/mol. The molecule has 6 nitrogen and oxygen atoms in total. The normalized spacial score (nSPS) is 17.6. The number of aromatic nitrogens is 2. The first-order valence-corrected chi connectivity index (χ1v) is 11.4. The summed E-state index contributed by atoms with van der Waals surface area (Å²) in [5.74, 6) is -0.944. The van der Waals surface area contributed by atoms with Gasteiger partial charge in [0, 0.05) is 29.0 Å². The molecule has 34 heavy (non-hydrogen) atoms. The highest BCUT2D eigenvalue weighted by Gasteiger charge is 2.42. The van der Waals surface area contributed by atoms with Crippen LogP contribution in [0.1, 0.15) is 45.1 Å². The number of aryl methyl sites for hydroxylation is 1. The fourth-order valence-electron chi connectivity index (χ4n) is 4.80. The lowest BCUT2D eigenvalue weighted by Gasteiger charge is -2.28. The number of nitrogens with one attached hydrogen (secondary N) is 1. The van der Waals surface area contributed by atoms with Crippen LogP contribution in [0.5, 0.6) is 0 Å². The van der Waals surface area contributed by atoms with E-state index in [0.717, 1.165) is 34.0 Å². The Morgan fingerprint density at radius 1 is 0.971 bits per heavy atom. The van der Waals surface area contributed by atoms with Gasteiger partial charge in [0.15, 0.2) is 5.11 Å². The van der Waals surface area contributed by atoms with E-state index in [4.69, 9.17) is 12.2 Å². The summed E-state index contributed by atoms with van der Waals surface area (Å²) in [4.78, 5) is 18.3. The minimum absolute atomic E-state index is 0.132. The van der Waals surface area contributed by atoms with Crippen molar-refractivity contribution in [1.82, 2.24) is 14.9 Å². The zero-order valence-corrected chi connectivity index (χ0v) is 19.7. The Hall–Kier alpha value is -3.97. The van der Waals surface area contributed by atoms with Crippen LogP contribution in [-0.4, -0.2) is 25.7 Å². The van der Waals surface area contributed by atoms with E-state index in [-0.39, 0.29) is 17.6 Å². The van der Waals surface area contributed by atoms with Crippen molar-refractivity contribution >= 4 is 29.0 Å². The molecule has 3 heterocycles. The zero-order chi connectivity index (χ0) is 23.8. The van der Waals surface area contributed by atoms with Gasteiger partial charge in [-0.15, -0.1) is 0 Å². The molecular weight excluding hydrogens is 444 g/mol. The van der Waals surface area contributed by atoms with Gasteiger partial charge in [-0.3, -0.25) is 4.98 Å². The number of para-hydroxylation sites is 1. The van der Waals surface area contributed by atoms with Crippen LogP contribution < -0.4 is 10.2 Å². The Morgan fingerprint density at radius 3 is 2.41 bits per heavy atom. The van der Waals surface area contributed by atoms with Gasteiger partial charge < -0.3 is 19.9 Å². The number of benzene rings is 2. The van der Waals surface area contributed by atoms with Crippen molar-refractivity contribution in [3.05, 3.63) is 113 Å². The van der Waals surface area contributed by atoms with Crippen LogP contribution in [0.2, 0.25) is 0 Å². The predicted molar refractivity (Wildman–Crippen MR) is 137 cm³/mol. The molecule has 7 heteroatoms. The number of carbonyl (C=O) groups is 1. The van der Waals surface area contributed by atoms with Crippen LogP contribution in [0.15, 0.2) is 85.1 Å². The second-order valence-electron chi connectivity index (χ2n) is 8.35. The van der Waals surface area contributed by atoms with Crippen LogP contribution in [0.3, 0.4) is 0 Å². The van der Waals surface area contributed by atoms with E-state index in [1.807, 2.05) is 49.4 Å². The molecule has 1 aliphatic heterocycles. The summed E-state index contributed by atoms with van der Waals surface area (Å²) in [6.45, 7) is 4.10. The van der Waals surface area contributed by atoms with Crippen molar-refractivity contribution in [2.24, 2.45) is 0 Å². The molecule has 0 spiro atoms. The maximum absolute atomic E-state index is 11.6. The van der Waals surface area contributed by atoms with E-state index in [9.17, 15) is 9.90 Å². The van der Waals surface area contributed by atoms with Crippen molar-refractivity contribution in [2.75, 3.05) is 4.90 Å². The van der Waals surface area contributed by atoms with E-state index in [1.165, 1.54) is 0 Å². The van der Waals surface area contributed by atoms with Gasteiger partial charge in [0.2, 0.25) is 0 Å². The van der Waals surface area contributed by atoms with Gasteiger partial charge in [-0.05, 0) is 80.2 Å². The van der Waals surface area contributed by atoms with Gasteiger partial charge >= 0.3 is 5.97 Å². The molecule has 0 aliphatic carbocycles. The van der Waals surface area contributed by atoms with Crippen molar-refractivity contribution in [2.45, 2.75) is 25.9 Å². The first-order chi connectivity index (χ1) is 16.5. The van der Waals surface area contributed by atoms with Gasteiger partial charge in [0.1, 0.15) is 0 Å². The van der Waals surface area contributed by atoms with Crippen LogP contribution in [0, 0.1) is 13.8 Å². The number of hydrogen-bond donors (Lipinski definition) is 2. The van der Waals surface area contributed by atoms with Gasteiger partial charge in [0.25, 0.3) is 0 Å². The number of rotatable bonds is 5. The molecule has 2 aromatic heterocycles. The summed E-state index contributed by atoms with van der Waals surface area (Å²) in [6.07, 6.45) is 1.79. The maximum atomic E-state index is 11.6. The molecule has 0 radical (unpaired) electrons. The molecule has 0 unspecified atom stereocenters. The monoisotopic (exact) mass is 468 g/mol. The quantitative estimate of drug-likeness (QED) is 0.384. The first-order valence-electron chi connectivity index (χ1n) is 11.0. The van der Waals surface area contributed by atoms with E-state index < -0.39 is 5.97 Å². The van der Waals surface area contributed by atoms with Gasteiger partial charge in [-0.2, -0.15) is 0 Å². The lowest BCUT2D eigenvalue weighted by molar-refractivity contribution is 0.0697. The molecule has 0 saturated carbocycles. The lowest BCUT2D eigenvalue weighted by atomic mass is 9.96. The lowest BCUT2D eigenvalue weighted by Crippen LogP contribution is -2.29. The van der Waals surface area contributed by atoms with Gasteiger partial charge in [-0.1, -0.05) is 30.3 Å². The minimum atomic E-state index is -0.944. The summed E-state index contributed by atoms with van der Waals surface area (Å²) >= 11 is 5.81. The smallest absolute Gasteiger partial charge is 0.335 e. The van der Waals surface area contributed by atoms with Crippen LogP contribution >= 0.6 is 12.2 Å². The molecule has 1 saturated heterocycles. The molecule has 0 amide bonds. The fraction of sp³-hybridized carbons (Fsp3) is 0.148. The third-order valence-electron chi connectivity index (χ3n) is 6.27. The largest absolute Gasteiger partial charge is 0.478 e.